The summed E-state index contributed by atoms with van der Waals surface area (Å²) in [5, 5.41) is 1.76. The summed E-state index contributed by atoms with van der Waals surface area (Å²) in [6, 6.07) is 1.70. The molecule has 0 atom stereocenters. The number of fused-ring (bicyclic) bond motifs is 1. The summed E-state index contributed by atoms with van der Waals surface area (Å²) in [5.41, 5.74) is -0.177. The molecule has 0 saturated carbocycles. The van der Waals surface area contributed by atoms with Crippen molar-refractivity contribution in [2.45, 2.75) is 13.8 Å². The van der Waals surface area contributed by atoms with Gasteiger partial charge in [-0.1, -0.05) is 13.8 Å². The molecule has 0 spiro atoms. The van der Waals surface area contributed by atoms with Gasteiger partial charge in [0.1, 0.15) is 4.70 Å². The van der Waals surface area contributed by atoms with Gasteiger partial charge in [-0.2, -0.15) is 0 Å². The number of hydrogen-bond acceptors (Lipinski definition) is 3. The van der Waals surface area contributed by atoms with E-state index in [4.69, 9.17) is 0 Å². The molecule has 2 aromatic rings. The molecule has 0 amide bonds. The molecule has 0 fully saturated rings. The molecule has 2 heterocycles. The van der Waals surface area contributed by atoms with Crippen molar-refractivity contribution < 1.29 is 0 Å². The number of H-pyrrole nitrogens is 2. The first-order chi connectivity index (χ1) is 6.27. The van der Waals surface area contributed by atoms with Crippen molar-refractivity contribution in [3.8, 4) is 0 Å². The Kier molecular flexibility index (Phi) is 3.02. The highest BCUT2D eigenvalue weighted by atomic mass is 32.1. The zero-order valence-electron chi connectivity index (χ0n) is 7.38. The van der Waals surface area contributed by atoms with Gasteiger partial charge in [0.25, 0.3) is 5.56 Å². The lowest BCUT2D eigenvalue weighted by atomic mass is 10.5. The fourth-order valence-electron chi connectivity index (χ4n) is 0.897. The Bertz CT molecular complexity index is 494. The van der Waals surface area contributed by atoms with Crippen LogP contribution in [0.1, 0.15) is 13.8 Å². The fraction of sp³-hybridized carbons (Fsp3) is 0.250. The third-order valence-corrected chi connectivity index (χ3v) is 2.26. The van der Waals surface area contributed by atoms with E-state index in [1.54, 1.807) is 11.4 Å². The standard InChI is InChI=1S/C6H4N2O2S.C2H6/c9-5-4-3(1-2-11-4)7-6(10)8-5;1-2/h1-2H,(H2,7,8,9,10);1-2H3. The zero-order chi connectivity index (χ0) is 9.84. The van der Waals surface area contributed by atoms with Crippen LogP contribution in [-0.4, -0.2) is 9.97 Å². The minimum Gasteiger partial charge on any atom is -0.306 e. The number of aromatic amines is 2. The van der Waals surface area contributed by atoms with E-state index in [0.29, 0.717) is 10.2 Å². The summed E-state index contributed by atoms with van der Waals surface area (Å²) in [5.74, 6) is 0. The average Bonchev–Trinajstić information content (AvgIpc) is 2.55. The van der Waals surface area contributed by atoms with E-state index in [-0.39, 0.29) is 5.56 Å². The van der Waals surface area contributed by atoms with Crippen LogP contribution in [0.3, 0.4) is 0 Å². The van der Waals surface area contributed by atoms with E-state index in [9.17, 15) is 9.59 Å². The van der Waals surface area contributed by atoms with Gasteiger partial charge in [-0.25, -0.2) is 4.79 Å². The van der Waals surface area contributed by atoms with Crippen molar-refractivity contribution in [1.29, 1.82) is 0 Å². The maximum absolute atomic E-state index is 11.0. The van der Waals surface area contributed by atoms with Gasteiger partial charge in [-0.3, -0.25) is 9.78 Å². The summed E-state index contributed by atoms with van der Waals surface area (Å²) in [7, 11) is 0. The van der Waals surface area contributed by atoms with Crippen molar-refractivity contribution in [1.82, 2.24) is 9.97 Å². The predicted molar refractivity (Wildman–Crippen MR) is 54.4 cm³/mol. The van der Waals surface area contributed by atoms with E-state index in [1.165, 1.54) is 11.3 Å². The minimum atomic E-state index is -0.457. The summed E-state index contributed by atoms with van der Waals surface area (Å²) in [6.07, 6.45) is 0. The Labute approximate surface area is 78.3 Å². The highest BCUT2D eigenvalue weighted by Gasteiger charge is 1.99. The Balaban J connectivity index is 0.000000396. The third-order valence-electron chi connectivity index (χ3n) is 1.35. The number of nitrogens with one attached hydrogen (secondary N) is 2. The van der Waals surface area contributed by atoms with Gasteiger partial charge in [-0.15, -0.1) is 11.3 Å². The molecule has 0 aromatic carbocycles. The van der Waals surface area contributed by atoms with E-state index in [2.05, 4.69) is 9.97 Å². The lowest BCUT2D eigenvalue weighted by Crippen LogP contribution is -2.20. The quantitative estimate of drug-likeness (QED) is 0.670. The Morgan fingerprint density at radius 3 is 2.62 bits per heavy atom. The van der Waals surface area contributed by atoms with Crippen LogP contribution in [-0.2, 0) is 0 Å². The van der Waals surface area contributed by atoms with Crippen LogP contribution in [0.2, 0.25) is 0 Å². The first kappa shape index (κ1) is 9.73. The second-order valence-electron chi connectivity index (χ2n) is 2.07. The normalized spacial score (nSPS) is 9.38. The Morgan fingerprint density at radius 1 is 1.23 bits per heavy atom. The highest BCUT2D eigenvalue weighted by Crippen LogP contribution is 2.10. The van der Waals surface area contributed by atoms with Crippen molar-refractivity contribution >= 4 is 21.6 Å². The number of hydrogen-bond donors (Lipinski definition) is 2. The van der Waals surface area contributed by atoms with E-state index < -0.39 is 5.69 Å². The van der Waals surface area contributed by atoms with Crippen LogP contribution >= 0.6 is 11.3 Å². The molecule has 70 valence electrons. The first-order valence-electron chi connectivity index (χ1n) is 3.97. The van der Waals surface area contributed by atoms with Crippen LogP contribution < -0.4 is 11.2 Å². The molecule has 2 aromatic heterocycles. The molecule has 0 radical (unpaired) electrons. The van der Waals surface area contributed by atoms with E-state index in [0.717, 1.165) is 0 Å². The molecule has 5 heteroatoms. The Morgan fingerprint density at radius 2 is 1.92 bits per heavy atom. The molecule has 2 rings (SSSR count). The molecule has 0 aliphatic heterocycles. The maximum atomic E-state index is 11.0. The number of aromatic nitrogens is 2. The number of rotatable bonds is 0. The molecular formula is C8H10N2O2S. The van der Waals surface area contributed by atoms with Crippen molar-refractivity contribution in [3.63, 3.8) is 0 Å². The van der Waals surface area contributed by atoms with Gasteiger partial charge in [-0.05, 0) is 11.4 Å². The second kappa shape index (κ2) is 4.04. The molecule has 0 unspecified atom stereocenters. The van der Waals surface area contributed by atoms with Crippen molar-refractivity contribution in [2.24, 2.45) is 0 Å². The van der Waals surface area contributed by atoms with Gasteiger partial charge in [0, 0.05) is 0 Å². The zero-order valence-corrected chi connectivity index (χ0v) is 8.20. The lowest BCUT2D eigenvalue weighted by Gasteiger charge is -1.84. The number of thiophene rings is 1. The summed E-state index contributed by atoms with van der Waals surface area (Å²) in [4.78, 5) is 26.3. The fourth-order valence-corrected chi connectivity index (χ4v) is 1.64. The van der Waals surface area contributed by atoms with E-state index in [1.807, 2.05) is 13.8 Å². The SMILES string of the molecule is CC.O=c1[nH]c(=O)c2sccc2[nH]1. The van der Waals surface area contributed by atoms with Gasteiger partial charge >= 0.3 is 5.69 Å². The molecule has 0 aliphatic carbocycles. The van der Waals surface area contributed by atoms with Crippen molar-refractivity contribution in [3.05, 3.63) is 32.3 Å². The smallest absolute Gasteiger partial charge is 0.306 e. The van der Waals surface area contributed by atoms with Crippen molar-refractivity contribution in [2.75, 3.05) is 0 Å². The van der Waals surface area contributed by atoms with Crippen LogP contribution in [0.15, 0.2) is 21.0 Å². The predicted octanol–water partition coefficient (Wildman–Crippen LogP) is 1.30. The monoisotopic (exact) mass is 198 g/mol. The minimum absolute atomic E-state index is 0.321. The molecule has 2 N–H and O–H groups in total. The van der Waals surface area contributed by atoms with Gasteiger partial charge in [0.2, 0.25) is 0 Å². The lowest BCUT2D eigenvalue weighted by molar-refractivity contribution is 1.09. The van der Waals surface area contributed by atoms with Gasteiger partial charge < -0.3 is 4.98 Å². The molecule has 0 bridgehead atoms. The maximum Gasteiger partial charge on any atom is 0.326 e. The molecular weight excluding hydrogens is 188 g/mol. The third kappa shape index (κ3) is 1.86. The van der Waals surface area contributed by atoms with Gasteiger partial charge in [0.15, 0.2) is 0 Å². The van der Waals surface area contributed by atoms with Crippen LogP contribution in [0.4, 0.5) is 0 Å². The second-order valence-corrected chi connectivity index (χ2v) is 2.99. The largest absolute Gasteiger partial charge is 0.326 e. The topological polar surface area (TPSA) is 65.7 Å². The van der Waals surface area contributed by atoms with E-state index >= 15 is 0 Å². The van der Waals surface area contributed by atoms with Gasteiger partial charge in [0.05, 0.1) is 5.52 Å². The summed E-state index contributed by atoms with van der Waals surface area (Å²) < 4.78 is 0.560. The van der Waals surface area contributed by atoms with Crippen LogP contribution in [0.25, 0.3) is 10.2 Å². The molecule has 13 heavy (non-hydrogen) atoms. The molecule has 0 saturated heterocycles. The first-order valence-corrected chi connectivity index (χ1v) is 4.85. The summed E-state index contributed by atoms with van der Waals surface area (Å²) in [6.45, 7) is 4.00. The highest BCUT2D eigenvalue weighted by molar-refractivity contribution is 7.17. The van der Waals surface area contributed by atoms with Crippen LogP contribution in [0, 0.1) is 0 Å². The Hall–Kier alpha value is -1.36. The molecule has 0 aliphatic rings. The van der Waals surface area contributed by atoms with Crippen LogP contribution in [0.5, 0.6) is 0 Å². The average molecular weight is 198 g/mol. The molecule has 4 nitrogen and oxygen atoms in total. The summed E-state index contributed by atoms with van der Waals surface area (Å²) >= 11 is 1.31.